The van der Waals surface area contributed by atoms with Gasteiger partial charge in [-0.3, -0.25) is 10.1 Å². The van der Waals surface area contributed by atoms with Crippen molar-refractivity contribution in [1.29, 1.82) is 5.26 Å². The van der Waals surface area contributed by atoms with Gasteiger partial charge in [0.05, 0.1) is 5.02 Å². The molecule has 1 amide bonds. The van der Waals surface area contributed by atoms with Gasteiger partial charge in [0.15, 0.2) is 5.13 Å². The lowest BCUT2D eigenvalue weighted by atomic mass is 10.1. The van der Waals surface area contributed by atoms with Gasteiger partial charge in [-0.2, -0.15) is 5.26 Å². The quantitative estimate of drug-likeness (QED) is 0.230. The zero-order chi connectivity index (χ0) is 23.4. The van der Waals surface area contributed by atoms with Crippen LogP contribution in [-0.2, 0) is 11.2 Å². The summed E-state index contributed by atoms with van der Waals surface area (Å²) in [5, 5.41) is 13.4. The normalized spacial score (nSPS) is 11.3. The first kappa shape index (κ1) is 22.7. The fourth-order valence-corrected chi connectivity index (χ4v) is 4.31. The second kappa shape index (κ2) is 10.0. The largest absolute Gasteiger partial charge is 0.457 e. The fourth-order valence-electron chi connectivity index (χ4n) is 2.97. The number of hydrogen-bond acceptors (Lipinski definition) is 5. The maximum absolute atomic E-state index is 13.1. The Labute approximate surface area is 202 Å². The Morgan fingerprint density at radius 1 is 1.18 bits per heavy atom. The summed E-state index contributed by atoms with van der Waals surface area (Å²) >= 11 is 13.4. The summed E-state index contributed by atoms with van der Waals surface area (Å²) in [6.45, 7) is 0. The van der Waals surface area contributed by atoms with E-state index in [4.69, 9.17) is 27.6 Å². The Balaban J connectivity index is 1.45. The van der Waals surface area contributed by atoms with E-state index in [0.717, 1.165) is 10.4 Å². The first-order valence-electron chi connectivity index (χ1n) is 9.59. The molecule has 2 aromatic heterocycles. The van der Waals surface area contributed by atoms with Crippen LogP contribution in [-0.4, -0.2) is 10.9 Å². The van der Waals surface area contributed by atoms with E-state index in [2.05, 4.69) is 10.3 Å². The predicted molar refractivity (Wildman–Crippen MR) is 128 cm³/mol. The Kier molecular flexibility index (Phi) is 6.90. The van der Waals surface area contributed by atoms with Gasteiger partial charge in [0, 0.05) is 34.2 Å². The van der Waals surface area contributed by atoms with Crippen LogP contribution in [0.15, 0.2) is 70.8 Å². The summed E-state index contributed by atoms with van der Waals surface area (Å²) in [6.07, 6.45) is 3.53. The number of nitriles is 1. The van der Waals surface area contributed by atoms with E-state index in [1.54, 1.807) is 48.7 Å². The topological polar surface area (TPSA) is 78.9 Å². The molecule has 4 rings (SSSR count). The second-order valence-electron chi connectivity index (χ2n) is 6.89. The van der Waals surface area contributed by atoms with Crippen molar-refractivity contribution in [3.63, 3.8) is 0 Å². The van der Waals surface area contributed by atoms with Crippen molar-refractivity contribution in [3.8, 4) is 17.4 Å². The molecule has 0 atom stereocenters. The number of aromatic nitrogens is 1. The summed E-state index contributed by atoms with van der Waals surface area (Å²) in [4.78, 5) is 17.6. The molecule has 2 aromatic carbocycles. The molecule has 164 valence electrons. The Bertz CT molecular complexity index is 1390. The summed E-state index contributed by atoms with van der Waals surface area (Å²) in [7, 11) is 0. The van der Waals surface area contributed by atoms with Gasteiger partial charge in [0.25, 0.3) is 5.91 Å². The van der Waals surface area contributed by atoms with Crippen molar-refractivity contribution in [2.75, 3.05) is 5.32 Å². The van der Waals surface area contributed by atoms with Crippen LogP contribution in [0.1, 0.15) is 16.2 Å². The van der Waals surface area contributed by atoms with Gasteiger partial charge in [-0.1, -0.05) is 35.3 Å². The fraction of sp³-hybridized carbons (Fsp3) is 0.0417. The lowest BCUT2D eigenvalue weighted by Gasteiger charge is -2.01. The van der Waals surface area contributed by atoms with Crippen LogP contribution in [0.5, 0.6) is 0 Å². The lowest BCUT2D eigenvalue weighted by Crippen LogP contribution is -2.13. The minimum absolute atomic E-state index is 0.145. The number of anilines is 1. The molecular weight excluding hydrogens is 484 g/mol. The third-order valence-electron chi connectivity index (χ3n) is 4.54. The number of furan rings is 1. The molecule has 0 saturated carbocycles. The molecule has 0 spiro atoms. The molecule has 33 heavy (non-hydrogen) atoms. The molecule has 0 radical (unpaired) electrons. The number of hydrogen-bond donors (Lipinski definition) is 1. The van der Waals surface area contributed by atoms with Crippen molar-refractivity contribution >= 4 is 51.7 Å². The Hall–Kier alpha value is -3.44. The van der Waals surface area contributed by atoms with Crippen molar-refractivity contribution in [3.05, 3.63) is 98.4 Å². The summed E-state index contributed by atoms with van der Waals surface area (Å²) in [5.74, 6) is -0.112. The average Bonchev–Trinajstić information content (AvgIpc) is 3.43. The molecule has 0 aliphatic carbocycles. The zero-order valence-corrected chi connectivity index (χ0v) is 19.1. The van der Waals surface area contributed by atoms with Crippen LogP contribution in [0.4, 0.5) is 9.52 Å². The molecule has 0 aliphatic rings. The second-order valence-corrected chi connectivity index (χ2v) is 8.84. The number of halogens is 3. The monoisotopic (exact) mass is 497 g/mol. The van der Waals surface area contributed by atoms with Gasteiger partial charge >= 0.3 is 0 Å². The molecular formula is C24H14Cl2FN3O2S. The van der Waals surface area contributed by atoms with Crippen LogP contribution in [0.25, 0.3) is 17.4 Å². The Morgan fingerprint density at radius 2 is 1.97 bits per heavy atom. The summed E-state index contributed by atoms with van der Waals surface area (Å²) in [5.41, 5.74) is 1.42. The predicted octanol–water partition coefficient (Wildman–Crippen LogP) is 6.99. The first-order chi connectivity index (χ1) is 15.9. The number of carbonyl (C=O) groups is 1. The van der Waals surface area contributed by atoms with Gasteiger partial charge in [0.1, 0.15) is 29.0 Å². The van der Waals surface area contributed by atoms with Gasteiger partial charge < -0.3 is 4.42 Å². The number of nitrogens with zero attached hydrogens (tertiary/aromatic N) is 2. The third kappa shape index (κ3) is 5.68. The number of amides is 1. The van der Waals surface area contributed by atoms with E-state index in [9.17, 15) is 14.4 Å². The highest BCUT2D eigenvalue weighted by molar-refractivity contribution is 7.15. The van der Waals surface area contributed by atoms with Gasteiger partial charge in [-0.05, 0) is 48.0 Å². The number of benzene rings is 2. The van der Waals surface area contributed by atoms with Crippen molar-refractivity contribution in [1.82, 2.24) is 4.98 Å². The van der Waals surface area contributed by atoms with Crippen molar-refractivity contribution in [2.45, 2.75) is 6.42 Å². The molecule has 5 nitrogen and oxygen atoms in total. The van der Waals surface area contributed by atoms with Crippen LogP contribution in [0.3, 0.4) is 0 Å². The van der Waals surface area contributed by atoms with E-state index in [0.29, 0.717) is 38.7 Å². The molecule has 9 heteroatoms. The highest BCUT2D eigenvalue weighted by Crippen LogP contribution is 2.32. The minimum Gasteiger partial charge on any atom is -0.457 e. The first-order valence-corrected chi connectivity index (χ1v) is 11.2. The van der Waals surface area contributed by atoms with Gasteiger partial charge in [0.2, 0.25) is 0 Å². The van der Waals surface area contributed by atoms with Gasteiger partial charge in [-0.25, -0.2) is 9.37 Å². The summed E-state index contributed by atoms with van der Waals surface area (Å²) in [6, 6.07) is 16.4. The zero-order valence-electron chi connectivity index (χ0n) is 16.8. The van der Waals surface area contributed by atoms with E-state index >= 15 is 0 Å². The minimum atomic E-state index is -0.609. The van der Waals surface area contributed by atoms with E-state index in [1.165, 1.54) is 29.5 Å². The van der Waals surface area contributed by atoms with Crippen LogP contribution in [0.2, 0.25) is 10.0 Å². The molecule has 4 aromatic rings. The third-order valence-corrected chi connectivity index (χ3v) is 6.00. The summed E-state index contributed by atoms with van der Waals surface area (Å²) < 4.78 is 18.8. The highest BCUT2D eigenvalue weighted by atomic mass is 35.5. The maximum Gasteiger partial charge on any atom is 0.268 e. The molecule has 2 heterocycles. The molecule has 0 bridgehead atoms. The number of carbonyl (C=O) groups excluding carboxylic acids is 1. The maximum atomic E-state index is 13.1. The number of rotatable bonds is 6. The average molecular weight is 498 g/mol. The van der Waals surface area contributed by atoms with E-state index < -0.39 is 5.91 Å². The number of thiazole rings is 1. The lowest BCUT2D eigenvalue weighted by molar-refractivity contribution is -0.112. The molecule has 1 N–H and O–H groups in total. The standard InChI is InChI=1S/C24H14Cl2FN3O2S/c25-16-3-7-20(21(26)11-16)22-8-6-18(32-22)10-15(12-28)23(31)30-24-29-13-19(33-24)9-14-1-4-17(27)5-2-14/h1-8,10-11,13H,9H2,(H,29,30,31)/b15-10+. The highest BCUT2D eigenvalue weighted by Gasteiger charge is 2.14. The molecule has 0 unspecified atom stereocenters. The molecule has 0 saturated heterocycles. The molecule has 0 aliphatic heterocycles. The number of nitrogens with one attached hydrogen (secondary N) is 1. The van der Waals surface area contributed by atoms with Crippen LogP contribution in [0, 0.1) is 17.1 Å². The van der Waals surface area contributed by atoms with E-state index in [1.807, 2.05) is 6.07 Å². The van der Waals surface area contributed by atoms with Crippen LogP contribution >= 0.6 is 34.5 Å². The van der Waals surface area contributed by atoms with E-state index in [-0.39, 0.29) is 11.4 Å². The molecule has 0 fully saturated rings. The van der Waals surface area contributed by atoms with Crippen molar-refractivity contribution < 1.29 is 13.6 Å². The smallest absolute Gasteiger partial charge is 0.268 e. The van der Waals surface area contributed by atoms with Gasteiger partial charge in [-0.15, -0.1) is 11.3 Å². The SMILES string of the molecule is N#C/C(=C\c1ccc(-c2ccc(Cl)cc2Cl)o1)C(=O)Nc1ncc(Cc2ccc(F)cc2)s1. The van der Waals surface area contributed by atoms with Crippen molar-refractivity contribution in [2.24, 2.45) is 0 Å². The Morgan fingerprint density at radius 3 is 2.70 bits per heavy atom. The van der Waals surface area contributed by atoms with Crippen LogP contribution < -0.4 is 5.32 Å².